The maximum Gasteiger partial charge on any atom is 0.225 e. The van der Waals surface area contributed by atoms with E-state index in [1.54, 1.807) is 7.11 Å². The number of nitrogens with two attached hydrogens (primary N) is 1. The Bertz CT molecular complexity index is 391. The summed E-state index contributed by atoms with van der Waals surface area (Å²) in [5, 5.41) is 2.85. The first kappa shape index (κ1) is 13.5. The van der Waals surface area contributed by atoms with E-state index in [-0.39, 0.29) is 11.9 Å². The summed E-state index contributed by atoms with van der Waals surface area (Å²) in [4.78, 5) is 11.7. The van der Waals surface area contributed by atoms with Gasteiger partial charge in [0.25, 0.3) is 0 Å². The predicted molar refractivity (Wildman–Crippen MR) is 69.2 cm³/mol. The molecule has 94 valence electrons. The number of amides is 1. The standard InChI is InChI=1S/C13H20N2O2/c1-4-10(14)7-13(16)15-12-8-11(17-3)6-5-9(12)2/h5-6,8,10H,4,7,14H2,1-3H3,(H,15,16). The molecule has 1 unspecified atom stereocenters. The summed E-state index contributed by atoms with van der Waals surface area (Å²) in [7, 11) is 1.60. The van der Waals surface area contributed by atoms with Crippen LogP contribution in [-0.2, 0) is 4.79 Å². The smallest absolute Gasteiger partial charge is 0.225 e. The van der Waals surface area contributed by atoms with Gasteiger partial charge in [0.1, 0.15) is 5.75 Å². The van der Waals surface area contributed by atoms with Crippen LogP contribution in [0.5, 0.6) is 5.75 Å². The Labute approximate surface area is 102 Å². The molecule has 0 radical (unpaired) electrons. The van der Waals surface area contributed by atoms with Crippen molar-refractivity contribution in [1.82, 2.24) is 0 Å². The summed E-state index contributed by atoms with van der Waals surface area (Å²) in [5.41, 5.74) is 7.52. The number of hydrogen-bond acceptors (Lipinski definition) is 3. The van der Waals surface area contributed by atoms with Gasteiger partial charge in [0, 0.05) is 24.2 Å². The molecule has 0 fully saturated rings. The fourth-order valence-corrected chi connectivity index (χ4v) is 1.45. The average Bonchev–Trinajstić information content (AvgIpc) is 2.31. The number of hydrogen-bond donors (Lipinski definition) is 2. The van der Waals surface area contributed by atoms with Crippen LogP contribution in [0.2, 0.25) is 0 Å². The Balaban J connectivity index is 2.70. The van der Waals surface area contributed by atoms with Crippen LogP contribution in [0.3, 0.4) is 0 Å². The van der Waals surface area contributed by atoms with Crippen molar-refractivity contribution in [2.24, 2.45) is 5.73 Å². The minimum absolute atomic E-state index is 0.0595. The van der Waals surface area contributed by atoms with Crippen LogP contribution in [0.4, 0.5) is 5.69 Å². The van der Waals surface area contributed by atoms with Crippen molar-refractivity contribution in [1.29, 1.82) is 0 Å². The van der Waals surface area contributed by atoms with E-state index in [0.717, 1.165) is 23.4 Å². The molecule has 1 rings (SSSR count). The van der Waals surface area contributed by atoms with Gasteiger partial charge in [-0.3, -0.25) is 4.79 Å². The predicted octanol–water partition coefficient (Wildman–Crippen LogP) is 2.07. The maximum absolute atomic E-state index is 11.7. The number of methoxy groups -OCH3 is 1. The molecule has 4 nitrogen and oxygen atoms in total. The number of carbonyl (C=O) groups excluding carboxylic acids is 1. The second-order valence-electron chi connectivity index (χ2n) is 4.10. The van der Waals surface area contributed by atoms with Crippen molar-refractivity contribution in [3.05, 3.63) is 23.8 Å². The lowest BCUT2D eigenvalue weighted by Crippen LogP contribution is -2.26. The van der Waals surface area contributed by atoms with Crippen LogP contribution >= 0.6 is 0 Å². The van der Waals surface area contributed by atoms with Gasteiger partial charge in [0.2, 0.25) is 5.91 Å². The number of carbonyl (C=O) groups is 1. The SMILES string of the molecule is CCC(N)CC(=O)Nc1cc(OC)ccc1C. The summed E-state index contributed by atoms with van der Waals surface area (Å²) in [6, 6.07) is 5.50. The van der Waals surface area contributed by atoms with Crippen LogP contribution in [0.15, 0.2) is 18.2 Å². The number of benzene rings is 1. The van der Waals surface area contributed by atoms with Crippen molar-refractivity contribution in [2.45, 2.75) is 32.7 Å². The van der Waals surface area contributed by atoms with Crippen LogP contribution in [0.1, 0.15) is 25.3 Å². The van der Waals surface area contributed by atoms with Crippen LogP contribution < -0.4 is 15.8 Å². The molecule has 0 saturated heterocycles. The summed E-state index contributed by atoms with van der Waals surface area (Å²) in [5.74, 6) is 0.668. The zero-order chi connectivity index (χ0) is 12.8. The quantitative estimate of drug-likeness (QED) is 0.822. The Hall–Kier alpha value is -1.55. The lowest BCUT2D eigenvalue weighted by atomic mass is 10.1. The molecule has 0 spiro atoms. The van der Waals surface area contributed by atoms with Gasteiger partial charge in [0.15, 0.2) is 0 Å². The molecule has 1 amide bonds. The third-order valence-electron chi connectivity index (χ3n) is 2.69. The van der Waals surface area contributed by atoms with E-state index in [1.165, 1.54) is 0 Å². The highest BCUT2D eigenvalue weighted by atomic mass is 16.5. The second kappa shape index (κ2) is 6.25. The molecule has 0 aliphatic rings. The lowest BCUT2D eigenvalue weighted by Gasteiger charge is -2.12. The number of anilines is 1. The number of aryl methyl sites for hydroxylation is 1. The third kappa shape index (κ3) is 4.07. The molecule has 0 aromatic heterocycles. The topological polar surface area (TPSA) is 64.4 Å². The van der Waals surface area contributed by atoms with Gasteiger partial charge in [-0.05, 0) is 25.0 Å². The molecular weight excluding hydrogens is 216 g/mol. The first-order valence-electron chi connectivity index (χ1n) is 5.77. The Morgan fingerprint density at radius 3 is 2.82 bits per heavy atom. The Kier molecular flexibility index (Phi) is 4.97. The van der Waals surface area contributed by atoms with E-state index in [9.17, 15) is 4.79 Å². The van der Waals surface area contributed by atoms with Gasteiger partial charge < -0.3 is 15.8 Å². The highest BCUT2D eigenvalue weighted by Crippen LogP contribution is 2.21. The van der Waals surface area contributed by atoms with Crippen molar-refractivity contribution < 1.29 is 9.53 Å². The average molecular weight is 236 g/mol. The van der Waals surface area contributed by atoms with E-state index in [0.29, 0.717) is 6.42 Å². The Morgan fingerprint density at radius 1 is 1.53 bits per heavy atom. The van der Waals surface area contributed by atoms with Crippen LogP contribution in [-0.4, -0.2) is 19.1 Å². The van der Waals surface area contributed by atoms with Gasteiger partial charge in [0.05, 0.1) is 7.11 Å². The van der Waals surface area contributed by atoms with Crippen molar-refractivity contribution in [3.8, 4) is 5.75 Å². The summed E-state index contributed by atoms with van der Waals surface area (Å²) in [6.45, 7) is 3.91. The van der Waals surface area contributed by atoms with Gasteiger partial charge >= 0.3 is 0 Å². The van der Waals surface area contributed by atoms with Gasteiger partial charge in [-0.2, -0.15) is 0 Å². The molecule has 0 heterocycles. The minimum atomic E-state index is -0.0825. The number of rotatable bonds is 5. The largest absolute Gasteiger partial charge is 0.497 e. The van der Waals surface area contributed by atoms with E-state index in [4.69, 9.17) is 10.5 Å². The van der Waals surface area contributed by atoms with Crippen molar-refractivity contribution in [2.75, 3.05) is 12.4 Å². The molecule has 1 aromatic rings. The summed E-state index contributed by atoms with van der Waals surface area (Å²) in [6.07, 6.45) is 1.14. The van der Waals surface area contributed by atoms with Gasteiger partial charge in [-0.1, -0.05) is 13.0 Å². The first-order chi connectivity index (χ1) is 8.06. The van der Waals surface area contributed by atoms with Gasteiger partial charge in [-0.25, -0.2) is 0 Å². The van der Waals surface area contributed by atoms with Gasteiger partial charge in [-0.15, -0.1) is 0 Å². The van der Waals surface area contributed by atoms with Crippen molar-refractivity contribution >= 4 is 11.6 Å². The van der Waals surface area contributed by atoms with E-state index in [2.05, 4.69) is 5.32 Å². The fourth-order valence-electron chi connectivity index (χ4n) is 1.45. The third-order valence-corrected chi connectivity index (χ3v) is 2.69. The van der Waals surface area contributed by atoms with E-state index < -0.39 is 0 Å². The molecular formula is C13H20N2O2. The summed E-state index contributed by atoms with van der Waals surface area (Å²) >= 11 is 0. The summed E-state index contributed by atoms with van der Waals surface area (Å²) < 4.78 is 5.12. The highest BCUT2D eigenvalue weighted by Gasteiger charge is 2.09. The number of ether oxygens (including phenoxy) is 1. The maximum atomic E-state index is 11.7. The zero-order valence-electron chi connectivity index (χ0n) is 10.6. The second-order valence-corrected chi connectivity index (χ2v) is 4.10. The zero-order valence-corrected chi connectivity index (χ0v) is 10.6. The number of nitrogens with one attached hydrogen (secondary N) is 1. The molecule has 17 heavy (non-hydrogen) atoms. The molecule has 0 bridgehead atoms. The molecule has 0 aliphatic heterocycles. The molecule has 1 atom stereocenters. The molecule has 4 heteroatoms. The van der Waals surface area contributed by atoms with Crippen LogP contribution in [0, 0.1) is 6.92 Å². The Morgan fingerprint density at radius 2 is 2.24 bits per heavy atom. The monoisotopic (exact) mass is 236 g/mol. The fraction of sp³-hybridized carbons (Fsp3) is 0.462. The normalized spacial score (nSPS) is 12.0. The molecule has 0 saturated carbocycles. The van der Waals surface area contributed by atoms with E-state index in [1.807, 2.05) is 32.0 Å². The van der Waals surface area contributed by atoms with Crippen molar-refractivity contribution in [3.63, 3.8) is 0 Å². The lowest BCUT2D eigenvalue weighted by molar-refractivity contribution is -0.116. The molecule has 3 N–H and O–H groups in total. The highest BCUT2D eigenvalue weighted by molar-refractivity contribution is 5.92. The molecule has 0 aliphatic carbocycles. The first-order valence-corrected chi connectivity index (χ1v) is 5.77. The van der Waals surface area contributed by atoms with Crippen LogP contribution in [0.25, 0.3) is 0 Å². The van der Waals surface area contributed by atoms with E-state index >= 15 is 0 Å². The minimum Gasteiger partial charge on any atom is -0.497 e. The molecule has 1 aromatic carbocycles.